The van der Waals surface area contributed by atoms with E-state index in [0.29, 0.717) is 5.41 Å². The van der Waals surface area contributed by atoms with Gasteiger partial charge in [0, 0.05) is 0 Å². The van der Waals surface area contributed by atoms with Crippen LogP contribution in [-0.4, -0.2) is 0 Å². The molecule has 0 aromatic rings. The van der Waals surface area contributed by atoms with Crippen molar-refractivity contribution in [3.05, 3.63) is 0 Å². The van der Waals surface area contributed by atoms with E-state index in [9.17, 15) is 0 Å². The Morgan fingerprint density at radius 2 is 1.71 bits per heavy atom. The molecule has 4 unspecified atom stereocenters. The Labute approximate surface area is 89.5 Å². The lowest BCUT2D eigenvalue weighted by atomic mass is 9.61. The van der Waals surface area contributed by atoms with E-state index < -0.39 is 0 Å². The average molecular weight is 194 g/mol. The quantitative estimate of drug-likeness (QED) is 0.607. The summed E-state index contributed by atoms with van der Waals surface area (Å²) in [5.41, 5.74) is 0.674. The highest BCUT2D eigenvalue weighted by Gasteiger charge is 2.43. The minimum atomic E-state index is 0.674. The van der Waals surface area contributed by atoms with Gasteiger partial charge in [0.2, 0.25) is 0 Å². The molecule has 82 valence electrons. The number of hydrogen-bond acceptors (Lipinski definition) is 0. The van der Waals surface area contributed by atoms with Crippen molar-refractivity contribution >= 4 is 0 Å². The van der Waals surface area contributed by atoms with Crippen LogP contribution in [0.2, 0.25) is 0 Å². The van der Waals surface area contributed by atoms with Gasteiger partial charge in [-0.3, -0.25) is 0 Å². The molecule has 0 aliphatic heterocycles. The summed E-state index contributed by atoms with van der Waals surface area (Å²) in [6.07, 6.45) is 7.46. The molecule has 0 bridgehead atoms. The second-order valence-electron chi connectivity index (χ2n) is 6.48. The Bertz CT molecular complexity index is 204. The highest BCUT2D eigenvalue weighted by Crippen LogP contribution is 2.53. The summed E-state index contributed by atoms with van der Waals surface area (Å²) >= 11 is 0. The van der Waals surface area contributed by atoms with E-state index in [2.05, 4.69) is 27.7 Å². The highest BCUT2D eigenvalue weighted by molar-refractivity contribution is 4.93. The van der Waals surface area contributed by atoms with Crippen LogP contribution in [0.1, 0.15) is 59.8 Å². The van der Waals surface area contributed by atoms with E-state index in [1.165, 1.54) is 32.1 Å². The molecule has 0 aromatic heterocycles. The average Bonchev–Trinajstić information content (AvgIpc) is 2.94. The second-order valence-corrected chi connectivity index (χ2v) is 6.48. The third-order valence-electron chi connectivity index (χ3n) is 5.36. The Hall–Kier alpha value is 0. The number of hydrogen-bond donors (Lipinski definition) is 0. The minimum Gasteiger partial charge on any atom is -0.0623 e. The summed E-state index contributed by atoms with van der Waals surface area (Å²) < 4.78 is 0. The lowest BCUT2D eigenvalue weighted by molar-refractivity contribution is 0.0569. The van der Waals surface area contributed by atoms with Gasteiger partial charge in [-0.2, -0.15) is 0 Å². The molecule has 0 aromatic carbocycles. The van der Waals surface area contributed by atoms with E-state index in [1.807, 2.05) is 0 Å². The van der Waals surface area contributed by atoms with Crippen LogP contribution in [0, 0.1) is 29.1 Å². The van der Waals surface area contributed by atoms with Crippen molar-refractivity contribution in [2.24, 2.45) is 29.1 Å². The van der Waals surface area contributed by atoms with E-state index in [0.717, 1.165) is 23.7 Å². The van der Waals surface area contributed by atoms with Crippen molar-refractivity contribution in [3.8, 4) is 0 Å². The zero-order chi connectivity index (χ0) is 10.3. The standard InChI is InChI=1S/C14H26/c1-10-7-8-14(4,9-11(10)2)12(3)13-5-6-13/h10-13H,5-9H2,1-4H3. The maximum absolute atomic E-state index is 2.55. The number of rotatable bonds is 2. The monoisotopic (exact) mass is 194 g/mol. The minimum absolute atomic E-state index is 0.674. The van der Waals surface area contributed by atoms with Crippen molar-refractivity contribution in [1.82, 2.24) is 0 Å². The summed E-state index contributed by atoms with van der Waals surface area (Å²) in [5.74, 6) is 3.99. The van der Waals surface area contributed by atoms with Crippen molar-refractivity contribution in [2.45, 2.75) is 59.8 Å². The van der Waals surface area contributed by atoms with Gasteiger partial charge in [-0.1, -0.05) is 27.7 Å². The van der Waals surface area contributed by atoms with Crippen LogP contribution in [0.15, 0.2) is 0 Å². The maximum Gasteiger partial charge on any atom is -0.0295 e. The Kier molecular flexibility index (Phi) is 2.66. The lowest BCUT2D eigenvalue weighted by Crippen LogP contribution is -2.35. The summed E-state index contributed by atoms with van der Waals surface area (Å²) in [4.78, 5) is 0. The van der Waals surface area contributed by atoms with Crippen molar-refractivity contribution < 1.29 is 0 Å². The molecule has 0 saturated heterocycles. The highest BCUT2D eigenvalue weighted by atomic mass is 14.5. The van der Waals surface area contributed by atoms with E-state index in [1.54, 1.807) is 0 Å². The summed E-state index contributed by atoms with van der Waals surface area (Å²) in [5, 5.41) is 0. The van der Waals surface area contributed by atoms with E-state index in [4.69, 9.17) is 0 Å². The zero-order valence-corrected chi connectivity index (χ0v) is 10.3. The maximum atomic E-state index is 2.55. The fourth-order valence-electron chi connectivity index (χ4n) is 3.46. The molecule has 2 aliphatic carbocycles. The third-order valence-corrected chi connectivity index (χ3v) is 5.36. The summed E-state index contributed by atoms with van der Waals surface area (Å²) in [6.45, 7) is 9.96. The molecule has 0 nitrogen and oxygen atoms in total. The molecular weight excluding hydrogens is 168 g/mol. The van der Waals surface area contributed by atoms with Crippen LogP contribution >= 0.6 is 0 Å². The Balaban J connectivity index is 2.00. The van der Waals surface area contributed by atoms with Crippen LogP contribution in [0.3, 0.4) is 0 Å². The van der Waals surface area contributed by atoms with Gasteiger partial charge >= 0.3 is 0 Å². The topological polar surface area (TPSA) is 0 Å². The van der Waals surface area contributed by atoms with Gasteiger partial charge in [-0.25, -0.2) is 0 Å². The van der Waals surface area contributed by atoms with Gasteiger partial charge in [-0.05, 0) is 61.2 Å². The molecule has 2 aliphatic rings. The van der Waals surface area contributed by atoms with Gasteiger partial charge < -0.3 is 0 Å². The molecule has 0 radical (unpaired) electrons. The molecule has 14 heavy (non-hydrogen) atoms. The molecule has 4 atom stereocenters. The van der Waals surface area contributed by atoms with Gasteiger partial charge in [0.05, 0.1) is 0 Å². The van der Waals surface area contributed by atoms with Gasteiger partial charge in [0.15, 0.2) is 0 Å². The molecule has 2 rings (SSSR count). The molecule has 2 saturated carbocycles. The molecule has 0 amide bonds. The fraction of sp³-hybridized carbons (Fsp3) is 1.00. The van der Waals surface area contributed by atoms with Gasteiger partial charge in [-0.15, -0.1) is 0 Å². The zero-order valence-electron chi connectivity index (χ0n) is 10.3. The predicted octanol–water partition coefficient (Wildman–Crippen LogP) is 4.49. The van der Waals surface area contributed by atoms with Crippen molar-refractivity contribution in [2.75, 3.05) is 0 Å². The van der Waals surface area contributed by atoms with Crippen LogP contribution in [0.4, 0.5) is 0 Å². The van der Waals surface area contributed by atoms with Gasteiger partial charge in [0.1, 0.15) is 0 Å². The molecule has 0 spiro atoms. The molecule has 2 fully saturated rings. The van der Waals surface area contributed by atoms with Crippen molar-refractivity contribution in [1.29, 1.82) is 0 Å². The first-order valence-electron chi connectivity index (χ1n) is 6.53. The molecule has 0 heterocycles. The van der Waals surface area contributed by atoms with E-state index >= 15 is 0 Å². The first-order valence-corrected chi connectivity index (χ1v) is 6.53. The smallest absolute Gasteiger partial charge is 0.0295 e. The first kappa shape index (κ1) is 10.5. The normalized spacial score (nSPS) is 46.3. The largest absolute Gasteiger partial charge is 0.0623 e. The first-order chi connectivity index (χ1) is 6.53. The molecule has 0 heteroatoms. The van der Waals surface area contributed by atoms with Crippen LogP contribution in [0.25, 0.3) is 0 Å². The van der Waals surface area contributed by atoms with Crippen LogP contribution < -0.4 is 0 Å². The fourth-order valence-corrected chi connectivity index (χ4v) is 3.46. The predicted molar refractivity (Wildman–Crippen MR) is 62.2 cm³/mol. The Morgan fingerprint density at radius 1 is 1.07 bits per heavy atom. The summed E-state index contributed by atoms with van der Waals surface area (Å²) in [6, 6.07) is 0. The molecular formula is C14H26. The van der Waals surface area contributed by atoms with Crippen molar-refractivity contribution in [3.63, 3.8) is 0 Å². The van der Waals surface area contributed by atoms with E-state index in [-0.39, 0.29) is 0 Å². The SMILES string of the molecule is CC1CCC(C)(C(C)C2CC2)CC1C. The molecule has 0 N–H and O–H groups in total. The van der Waals surface area contributed by atoms with Crippen LogP contribution in [0.5, 0.6) is 0 Å². The van der Waals surface area contributed by atoms with Crippen LogP contribution in [-0.2, 0) is 0 Å². The second kappa shape index (κ2) is 3.54. The lowest BCUT2D eigenvalue weighted by Gasteiger charge is -2.44. The summed E-state index contributed by atoms with van der Waals surface area (Å²) in [7, 11) is 0. The Morgan fingerprint density at radius 3 is 2.21 bits per heavy atom. The third kappa shape index (κ3) is 1.85. The van der Waals surface area contributed by atoms with Gasteiger partial charge in [0.25, 0.3) is 0 Å².